The van der Waals surface area contributed by atoms with Gasteiger partial charge in [0.05, 0.1) is 16.3 Å². The van der Waals surface area contributed by atoms with Gasteiger partial charge in [-0.2, -0.15) is 0 Å². The van der Waals surface area contributed by atoms with Gasteiger partial charge in [-0.25, -0.2) is 4.98 Å². The second kappa shape index (κ2) is 6.19. The molecule has 0 amide bonds. The van der Waals surface area contributed by atoms with Crippen LogP contribution in [0.4, 0.5) is 0 Å². The van der Waals surface area contributed by atoms with E-state index < -0.39 is 0 Å². The molecule has 0 saturated carbocycles. The van der Waals surface area contributed by atoms with Gasteiger partial charge in [0.25, 0.3) is 0 Å². The Kier molecular flexibility index (Phi) is 3.90. The summed E-state index contributed by atoms with van der Waals surface area (Å²) in [5.74, 6) is 0.586. The number of oxazole rings is 1. The Morgan fingerprint density at radius 1 is 1.04 bits per heavy atom. The molecule has 0 aliphatic carbocycles. The minimum atomic E-state index is 0.586. The summed E-state index contributed by atoms with van der Waals surface area (Å²) >= 11 is 6.21. The topological polar surface area (TPSA) is 29.3 Å². The molecule has 0 atom stereocenters. The molecule has 0 fully saturated rings. The first-order valence-electron chi connectivity index (χ1n) is 7.78. The van der Waals surface area contributed by atoms with Crippen LogP contribution < -0.4 is 0 Å². The van der Waals surface area contributed by atoms with E-state index in [9.17, 15) is 0 Å². The fourth-order valence-electron chi connectivity index (χ4n) is 3.06. The van der Waals surface area contributed by atoms with Gasteiger partial charge in [-0.3, -0.25) is 4.90 Å². The molecule has 0 saturated heterocycles. The van der Waals surface area contributed by atoms with E-state index in [2.05, 4.69) is 34.1 Å². The van der Waals surface area contributed by atoms with Crippen LogP contribution in [0, 0.1) is 0 Å². The molecule has 2 aromatic carbocycles. The molecule has 2 heterocycles. The Hall–Kier alpha value is -2.10. The molecule has 0 unspecified atom stereocenters. The number of nitrogens with zero attached hydrogens (tertiary/aromatic N) is 2. The molecule has 0 spiro atoms. The third-order valence-corrected chi connectivity index (χ3v) is 4.58. The van der Waals surface area contributed by atoms with Gasteiger partial charge in [-0.05, 0) is 29.7 Å². The van der Waals surface area contributed by atoms with Crippen molar-refractivity contribution in [1.82, 2.24) is 9.88 Å². The predicted molar refractivity (Wildman–Crippen MR) is 91.2 cm³/mol. The normalized spacial score (nSPS) is 14.7. The first-order valence-corrected chi connectivity index (χ1v) is 8.16. The fraction of sp³-hybridized carbons (Fsp3) is 0.211. The summed E-state index contributed by atoms with van der Waals surface area (Å²) < 4.78 is 5.62. The van der Waals surface area contributed by atoms with Gasteiger partial charge >= 0.3 is 0 Å². The maximum absolute atomic E-state index is 6.21. The van der Waals surface area contributed by atoms with E-state index in [0.29, 0.717) is 10.9 Å². The van der Waals surface area contributed by atoms with Crippen molar-refractivity contribution in [2.45, 2.75) is 19.5 Å². The molecule has 1 aromatic heterocycles. The highest BCUT2D eigenvalue weighted by Crippen LogP contribution is 2.27. The third-order valence-electron chi connectivity index (χ3n) is 4.25. The minimum Gasteiger partial charge on any atom is -0.444 e. The summed E-state index contributed by atoms with van der Waals surface area (Å²) in [5, 5.41) is 0.660. The predicted octanol–water partition coefficient (Wildman–Crippen LogP) is 4.55. The van der Waals surface area contributed by atoms with Crippen molar-refractivity contribution >= 4 is 11.6 Å². The first kappa shape index (κ1) is 14.5. The number of halogens is 1. The van der Waals surface area contributed by atoms with Crippen LogP contribution in [0.1, 0.15) is 16.8 Å². The van der Waals surface area contributed by atoms with Crippen LogP contribution in [0.15, 0.2) is 59.2 Å². The van der Waals surface area contributed by atoms with E-state index in [0.717, 1.165) is 37.3 Å². The number of benzene rings is 2. The number of rotatable bonds is 3. The quantitative estimate of drug-likeness (QED) is 0.707. The molecule has 0 N–H and O–H groups in total. The Labute approximate surface area is 140 Å². The van der Waals surface area contributed by atoms with Crippen molar-refractivity contribution in [2.75, 3.05) is 6.54 Å². The van der Waals surface area contributed by atoms with Crippen molar-refractivity contribution in [2.24, 2.45) is 0 Å². The summed E-state index contributed by atoms with van der Waals surface area (Å²) in [6.07, 6.45) is 2.82. The lowest BCUT2D eigenvalue weighted by atomic mass is 10.00. The second-order valence-corrected chi connectivity index (χ2v) is 6.26. The van der Waals surface area contributed by atoms with Gasteiger partial charge < -0.3 is 4.42 Å². The van der Waals surface area contributed by atoms with E-state index in [1.165, 1.54) is 11.1 Å². The van der Waals surface area contributed by atoms with Crippen molar-refractivity contribution < 1.29 is 4.42 Å². The van der Waals surface area contributed by atoms with Gasteiger partial charge in [0.2, 0.25) is 5.89 Å². The van der Waals surface area contributed by atoms with Crippen LogP contribution in [0.2, 0.25) is 5.02 Å². The molecule has 1 aliphatic rings. The van der Waals surface area contributed by atoms with E-state index in [1.807, 2.05) is 24.3 Å². The molecule has 0 radical (unpaired) electrons. The molecule has 3 nitrogen and oxygen atoms in total. The Balaban J connectivity index is 1.50. The lowest BCUT2D eigenvalue weighted by Crippen LogP contribution is -2.30. The van der Waals surface area contributed by atoms with Gasteiger partial charge in [0, 0.05) is 19.6 Å². The average molecular weight is 325 g/mol. The minimum absolute atomic E-state index is 0.586. The molecule has 116 valence electrons. The number of aromatic nitrogens is 1. The summed E-state index contributed by atoms with van der Waals surface area (Å²) in [4.78, 5) is 7.00. The van der Waals surface area contributed by atoms with Crippen molar-refractivity contribution in [3.63, 3.8) is 0 Å². The highest BCUT2D eigenvalue weighted by atomic mass is 35.5. The van der Waals surface area contributed by atoms with E-state index >= 15 is 0 Å². The largest absolute Gasteiger partial charge is 0.444 e. The van der Waals surface area contributed by atoms with Gasteiger partial charge in [0.1, 0.15) is 6.26 Å². The Morgan fingerprint density at radius 3 is 2.70 bits per heavy atom. The average Bonchev–Trinajstić information content (AvgIpc) is 3.03. The van der Waals surface area contributed by atoms with Gasteiger partial charge in [-0.1, -0.05) is 48.0 Å². The molecular weight excluding hydrogens is 308 g/mol. The SMILES string of the molecule is Clc1ccccc1-c1nc(CN2CCc3ccccc3C2)co1. The van der Waals surface area contributed by atoms with Crippen molar-refractivity contribution in [1.29, 1.82) is 0 Å². The van der Waals surface area contributed by atoms with Crippen LogP contribution in [-0.4, -0.2) is 16.4 Å². The molecule has 4 rings (SSSR count). The van der Waals surface area contributed by atoms with Crippen LogP contribution in [0.25, 0.3) is 11.5 Å². The summed E-state index contributed by atoms with van der Waals surface area (Å²) in [6, 6.07) is 16.3. The van der Waals surface area contributed by atoms with Crippen LogP contribution in [0.5, 0.6) is 0 Å². The third kappa shape index (κ3) is 3.03. The summed E-state index contributed by atoms with van der Waals surface area (Å²) in [6.45, 7) is 2.80. The maximum Gasteiger partial charge on any atom is 0.227 e. The molecule has 1 aliphatic heterocycles. The lowest BCUT2D eigenvalue weighted by molar-refractivity contribution is 0.242. The lowest BCUT2D eigenvalue weighted by Gasteiger charge is -2.27. The zero-order chi connectivity index (χ0) is 15.6. The number of hydrogen-bond donors (Lipinski definition) is 0. The molecule has 3 aromatic rings. The highest BCUT2D eigenvalue weighted by Gasteiger charge is 2.18. The zero-order valence-corrected chi connectivity index (χ0v) is 13.5. The molecular formula is C19H17ClN2O. The number of hydrogen-bond acceptors (Lipinski definition) is 3. The van der Waals surface area contributed by atoms with Gasteiger partial charge in [-0.15, -0.1) is 0 Å². The van der Waals surface area contributed by atoms with Crippen molar-refractivity contribution in [3.8, 4) is 11.5 Å². The van der Waals surface area contributed by atoms with Crippen LogP contribution in [-0.2, 0) is 19.5 Å². The Morgan fingerprint density at radius 2 is 1.83 bits per heavy atom. The second-order valence-electron chi connectivity index (χ2n) is 5.85. The van der Waals surface area contributed by atoms with E-state index in [-0.39, 0.29) is 0 Å². The van der Waals surface area contributed by atoms with Crippen LogP contribution >= 0.6 is 11.6 Å². The smallest absolute Gasteiger partial charge is 0.227 e. The van der Waals surface area contributed by atoms with Gasteiger partial charge in [0.15, 0.2) is 0 Å². The molecule has 4 heteroatoms. The number of fused-ring (bicyclic) bond motifs is 1. The highest BCUT2D eigenvalue weighted by molar-refractivity contribution is 6.33. The Bertz CT molecular complexity index is 827. The standard InChI is InChI=1S/C19H17ClN2O/c20-18-8-4-3-7-17(18)19-21-16(13-23-19)12-22-10-9-14-5-1-2-6-15(14)11-22/h1-8,13H,9-12H2. The molecule has 23 heavy (non-hydrogen) atoms. The monoisotopic (exact) mass is 324 g/mol. The van der Waals surface area contributed by atoms with Crippen LogP contribution in [0.3, 0.4) is 0 Å². The van der Waals surface area contributed by atoms with Crippen molar-refractivity contribution in [3.05, 3.63) is 76.6 Å². The summed E-state index contributed by atoms with van der Waals surface area (Å²) in [5.41, 5.74) is 4.65. The first-order chi connectivity index (χ1) is 11.3. The van der Waals surface area contributed by atoms with E-state index in [1.54, 1.807) is 6.26 Å². The van der Waals surface area contributed by atoms with E-state index in [4.69, 9.17) is 16.0 Å². The fourth-order valence-corrected chi connectivity index (χ4v) is 3.27. The summed E-state index contributed by atoms with van der Waals surface area (Å²) in [7, 11) is 0. The zero-order valence-electron chi connectivity index (χ0n) is 12.7. The molecule has 0 bridgehead atoms. The maximum atomic E-state index is 6.21.